The van der Waals surface area contributed by atoms with Crippen molar-refractivity contribution < 1.29 is 9.72 Å². The standard InChI is InChI=1S/C9H11N7O3/c1-6(2)5-7-8(16(18)19)11-13-15(7)9(17)14-4-3-10-12-14/h3-4,6H,5H2,1-2H3. The van der Waals surface area contributed by atoms with Crippen molar-refractivity contribution in [3.8, 4) is 0 Å². The van der Waals surface area contributed by atoms with Gasteiger partial charge in [0, 0.05) is 6.42 Å². The number of carbonyl (C=O) groups excluding carboxylic acids is 1. The summed E-state index contributed by atoms with van der Waals surface area (Å²) in [5, 5.41) is 24.9. The molecular weight excluding hydrogens is 254 g/mol. The van der Waals surface area contributed by atoms with Gasteiger partial charge in [0.1, 0.15) is 5.10 Å². The molecule has 19 heavy (non-hydrogen) atoms. The van der Waals surface area contributed by atoms with E-state index in [1.54, 1.807) is 0 Å². The number of aromatic nitrogens is 6. The Balaban J connectivity index is 2.45. The second-order valence-electron chi connectivity index (χ2n) is 4.26. The van der Waals surface area contributed by atoms with Gasteiger partial charge in [-0.2, -0.15) is 4.68 Å². The molecule has 0 aliphatic carbocycles. The van der Waals surface area contributed by atoms with Gasteiger partial charge in [-0.25, -0.2) is 4.79 Å². The van der Waals surface area contributed by atoms with Gasteiger partial charge in [-0.15, -0.1) is 9.78 Å². The quantitative estimate of drug-likeness (QED) is 0.584. The predicted molar refractivity (Wildman–Crippen MR) is 61.4 cm³/mol. The lowest BCUT2D eigenvalue weighted by molar-refractivity contribution is -0.390. The van der Waals surface area contributed by atoms with E-state index < -0.39 is 16.8 Å². The van der Waals surface area contributed by atoms with Crippen LogP contribution in [0.15, 0.2) is 12.4 Å². The first-order chi connectivity index (χ1) is 9.00. The molecule has 0 aliphatic rings. The maximum atomic E-state index is 12.0. The van der Waals surface area contributed by atoms with Gasteiger partial charge in [0.05, 0.1) is 17.6 Å². The minimum atomic E-state index is -0.659. The van der Waals surface area contributed by atoms with Crippen molar-refractivity contribution in [2.24, 2.45) is 5.92 Å². The van der Waals surface area contributed by atoms with Crippen molar-refractivity contribution in [1.29, 1.82) is 0 Å². The van der Waals surface area contributed by atoms with Crippen LogP contribution in [0.5, 0.6) is 0 Å². The Kier molecular flexibility index (Phi) is 3.31. The van der Waals surface area contributed by atoms with Crippen LogP contribution < -0.4 is 0 Å². The van der Waals surface area contributed by atoms with Crippen LogP contribution in [0.4, 0.5) is 10.6 Å². The Morgan fingerprint density at radius 3 is 2.74 bits per heavy atom. The van der Waals surface area contributed by atoms with Crippen molar-refractivity contribution in [2.45, 2.75) is 20.3 Å². The molecule has 0 amide bonds. The van der Waals surface area contributed by atoms with Crippen molar-refractivity contribution in [3.63, 3.8) is 0 Å². The number of hydrogen-bond acceptors (Lipinski definition) is 7. The Morgan fingerprint density at radius 1 is 1.47 bits per heavy atom. The molecule has 10 heteroatoms. The largest absolute Gasteiger partial charge is 0.414 e. The van der Waals surface area contributed by atoms with Gasteiger partial charge in [0.2, 0.25) is 0 Å². The molecule has 2 aromatic rings. The van der Waals surface area contributed by atoms with Crippen molar-refractivity contribution in [1.82, 2.24) is 30.0 Å². The van der Waals surface area contributed by atoms with Crippen LogP contribution in [0.3, 0.4) is 0 Å². The summed E-state index contributed by atoms with van der Waals surface area (Å²) in [4.78, 5) is 22.3. The molecule has 0 atom stereocenters. The van der Waals surface area contributed by atoms with Crippen LogP contribution in [-0.2, 0) is 6.42 Å². The lowest BCUT2D eigenvalue weighted by atomic mass is 10.1. The molecule has 2 heterocycles. The summed E-state index contributed by atoms with van der Waals surface area (Å²) < 4.78 is 1.81. The topological polar surface area (TPSA) is 122 Å². The Hall–Kier alpha value is -2.65. The first-order valence-corrected chi connectivity index (χ1v) is 5.50. The van der Waals surface area contributed by atoms with Gasteiger partial charge >= 0.3 is 11.8 Å². The highest BCUT2D eigenvalue weighted by Gasteiger charge is 2.28. The minimum Gasteiger partial charge on any atom is -0.358 e. The van der Waals surface area contributed by atoms with E-state index in [4.69, 9.17) is 0 Å². The third-order valence-corrected chi connectivity index (χ3v) is 2.32. The smallest absolute Gasteiger partial charge is 0.358 e. The fraction of sp³-hybridized carbons (Fsp3) is 0.444. The SMILES string of the molecule is CC(C)Cc1c([N+](=O)[O-])nnn1C(=O)n1ccnn1. The molecule has 0 aromatic carbocycles. The van der Waals surface area contributed by atoms with Crippen LogP contribution in [-0.4, -0.2) is 40.9 Å². The van der Waals surface area contributed by atoms with E-state index in [1.807, 2.05) is 13.8 Å². The fourth-order valence-corrected chi connectivity index (χ4v) is 1.56. The second-order valence-corrected chi connectivity index (χ2v) is 4.26. The summed E-state index contributed by atoms with van der Waals surface area (Å²) in [7, 11) is 0. The number of hydrogen-bond donors (Lipinski definition) is 0. The zero-order valence-corrected chi connectivity index (χ0v) is 10.3. The average Bonchev–Trinajstić information content (AvgIpc) is 2.95. The molecule has 0 fully saturated rings. The van der Waals surface area contributed by atoms with Gasteiger partial charge in [-0.3, -0.25) is 0 Å². The maximum absolute atomic E-state index is 12.0. The van der Waals surface area contributed by atoms with E-state index in [0.717, 1.165) is 9.36 Å². The maximum Gasteiger partial charge on any atom is 0.414 e. The Bertz CT molecular complexity index is 601. The molecule has 0 radical (unpaired) electrons. The first-order valence-electron chi connectivity index (χ1n) is 5.50. The number of nitro groups is 1. The number of carbonyl (C=O) groups is 1. The van der Waals surface area contributed by atoms with E-state index in [0.29, 0.717) is 6.42 Å². The fourth-order valence-electron chi connectivity index (χ4n) is 1.56. The predicted octanol–water partition coefficient (Wildman–Crippen LogP) is 0.493. The molecule has 0 spiro atoms. The van der Waals surface area contributed by atoms with Crippen LogP contribution in [0.1, 0.15) is 19.5 Å². The molecule has 10 nitrogen and oxygen atoms in total. The molecular formula is C9H11N7O3. The molecule has 0 aliphatic heterocycles. The van der Waals surface area contributed by atoms with Crippen LogP contribution in [0, 0.1) is 16.0 Å². The highest BCUT2D eigenvalue weighted by molar-refractivity contribution is 5.78. The average molecular weight is 265 g/mol. The van der Waals surface area contributed by atoms with Gasteiger partial charge in [0.25, 0.3) is 0 Å². The third kappa shape index (κ3) is 2.46. The van der Waals surface area contributed by atoms with Crippen LogP contribution in [0.25, 0.3) is 0 Å². The molecule has 0 saturated heterocycles. The molecule has 2 rings (SSSR count). The lowest BCUT2D eigenvalue weighted by Crippen LogP contribution is -2.24. The Morgan fingerprint density at radius 2 is 2.21 bits per heavy atom. The lowest BCUT2D eigenvalue weighted by Gasteiger charge is -2.05. The molecule has 0 unspecified atom stereocenters. The zero-order valence-electron chi connectivity index (χ0n) is 10.3. The molecule has 2 aromatic heterocycles. The van der Waals surface area contributed by atoms with Gasteiger partial charge in [-0.1, -0.05) is 19.1 Å². The van der Waals surface area contributed by atoms with E-state index in [1.165, 1.54) is 12.4 Å². The van der Waals surface area contributed by atoms with Crippen LogP contribution in [0.2, 0.25) is 0 Å². The van der Waals surface area contributed by atoms with E-state index in [-0.39, 0.29) is 11.6 Å². The van der Waals surface area contributed by atoms with Crippen molar-refractivity contribution in [3.05, 3.63) is 28.2 Å². The van der Waals surface area contributed by atoms with Crippen LogP contribution >= 0.6 is 0 Å². The highest BCUT2D eigenvalue weighted by Crippen LogP contribution is 2.18. The molecule has 0 N–H and O–H groups in total. The highest BCUT2D eigenvalue weighted by atomic mass is 16.6. The number of nitrogens with zero attached hydrogens (tertiary/aromatic N) is 7. The first kappa shape index (κ1) is 12.8. The summed E-state index contributed by atoms with van der Waals surface area (Å²) in [6, 6.07) is -0.659. The van der Waals surface area contributed by atoms with E-state index >= 15 is 0 Å². The summed E-state index contributed by atoms with van der Waals surface area (Å²) in [6.45, 7) is 3.75. The molecule has 0 bridgehead atoms. The second kappa shape index (κ2) is 4.92. The normalized spacial score (nSPS) is 10.9. The van der Waals surface area contributed by atoms with Crippen molar-refractivity contribution >= 4 is 11.8 Å². The monoisotopic (exact) mass is 265 g/mol. The summed E-state index contributed by atoms with van der Waals surface area (Å²) in [6.07, 6.45) is 2.96. The van der Waals surface area contributed by atoms with Gasteiger partial charge in [0.15, 0.2) is 5.69 Å². The van der Waals surface area contributed by atoms with Crippen molar-refractivity contribution in [2.75, 3.05) is 0 Å². The minimum absolute atomic E-state index is 0.111. The molecule has 0 saturated carbocycles. The van der Waals surface area contributed by atoms with E-state index in [2.05, 4.69) is 20.6 Å². The summed E-state index contributed by atoms with van der Waals surface area (Å²) in [5.74, 6) is -0.304. The van der Waals surface area contributed by atoms with Gasteiger partial charge in [-0.05, 0) is 10.8 Å². The zero-order chi connectivity index (χ0) is 14.0. The number of rotatable bonds is 3. The van der Waals surface area contributed by atoms with E-state index in [9.17, 15) is 14.9 Å². The third-order valence-electron chi connectivity index (χ3n) is 2.32. The summed E-state index contributed by atoms with van der Waals surface area (Å²) >= 11 is 0. The van der Waals surface area contributed by atoms with Gasteiger partial charge < -0.3 is 10.1 Å². The Labute approximate surface area is 107 Å². The summed E-state index contributed by atoms with van der Waals surface area (Å²) in [5.41, 5.74) is 0.153. The molecule has 100 valence electrons.